The van der Waals surface area contributed by atoms with Crippen LogP contribution in [0.2, 0.25) is 0 Å². The van der Waals surface area contributed by atoms with Crippen LogP contribution in [0.1, 0.15) is 27.6 Å². The zero-order valence-corrected chi connectivity index (χ0v) is 15.8. The van der Waals surface area contributed by atoms with Gasteiger partial charge in [0.05, 0.1) is 17.7 Å². The van der Waals surface area contributed by atoms with Crippen molar-refractivity contribution in [2.75, 3.05) is 20.1 Å². The van der Waals surface area contributed by atoms with Crippen molar-refractivity contribution in [3.05, 3.63) is 35.4 Å². The summed E-state index contributed by atoms with van der Waals surface area (Å²) in [6.07, 6.45) is -6.22. The molecule has 0 radical (unpaired) electrons. The highest BCUT2D eigenvalue weighted by Crippen LogP contribution is 2.28. The van der Waals surface area contributed by atoms with Crippen molar-refractivity contribution < 1.29 is 22.8 Å². The quantitative estimate of drug-likeness (QED) is 0.321. The van der Waals surface area contributed by atoms with E-state index in [-0.39, 0.29) is 23.0 Å². The zero-order valence-electron chi connectivity index (χ0n) is 15.1. The van der Waals surface area contributed by atoms with E-state index in [0.717, 1.165) is 11.9 Å². The molecule has 28 heavy (non-hydrogen) atoms. The third kappa shape index (κ3) is 4.22. The fourth-order valence-electron chi connectivity index (χ4n) is 2.75. The Morgan fingerprint density at radius 1 is 1.21 bits per heavy atom. The van der Waals surface area contributed by atoms with Gasteiger partial charge in [0.25, 0.3) is 11.8 Å². The van der Waals surface area contributed by atoms with Crippen LogP contribution in [0.5, 0.6) is 0 Å². The van der Waals surface area contributed by atoms with Crippen molar-refractivity contribution in [2.24, 2.45) is 15.0 Å². The van der Waals surface area contributed by atoms with E-state index in [1.165, 1.54) is 19.1 Å². The van der Waals surface area contributed by atoms with Crippen LogP contribution in [0.3, 0.4) is 0 Å². The molecule has 0 aromatic heterocycles. The second-order valence-corrected chi connectivity index (χ2v) is 6.02. The van der Waals surface area contributed by atoms with E-state index in [2.05, 4.69) is 21.7 Å². The van der Waals surface area contributed by atoms with E-state index >= 15 is 0 Å². The second-order valence-electron chi connectivity index (χ2n) is 5.68. The van der Waals surface area contributed by atoms with Gasteiger partial charge in [-0.2, -0.15) is 13.2 Å². The number of amides is 2. The molecule has 1 unspecified atom stereocenters. The summed E-state index contributed by atoms with van der Waals surface area (Å²) >= 11 is 5.67. The summed E-state index contributed by atoms with van der Waals surface area (Å²) in [6, 6.07) is 5.98. The van der Waals surface area contributed by atoms with E-state index in [1.807, 2.05) is 0 Å². The topological polar surface area (TPSA) is 77.7 Å². The third-order valence-electron chi connectivity index (χ3n) is 3.98. The molecule has 7 nitrogen and oxygen atoms in total. The molecular weight excluding hydrogens is 399 g/mol. The molecule has 1 aliphatic rings. The smallest absolute Gasteiger partial charge is 0.333 e. The van der Waals surface area contributed by atoms with Gasteiger partial charge in [-0.3, -0.25) is 24.5 Å². The van der Waals surface area contributed by atoms with Gasteiger partial charge in [-0.25, -0.2) is 4.99 Å². The average Bonchev–Trinajstić information content (AvgIpc) is 2.90. The van der Waals surface area contributed by atoms with Crippen LogP contribution in [0.15, 0.2) is 39.2 Å². The molecule has 150 valence electrons. The van der Waals surface area contributed by atoms with Crippen LogP contribution in [-0.2, 0) is 0 Å². The first-order valence-corrected chi connectivity index (χ1v) is 8.49. The first-order valence-electron chi connectivity index (χ1n) is 8.11. The van der Waals surface area contributed by atoms with Gasteiger partial charge in [0, 0.05) is 13.6 Å². The highest BCUT2D eigenvalue weighted by molar-refractivity contribution is 6.65. The number of hydrogen-bond acceptors (Lipinski definition) is 4. The van der Waals surface area contributed by atoms with Crippen LogP contribution >= 0.6 is 11.6 Å². The molecule has 11 heteroatoms. The van der Waals surface area contributed by atoms with Crippen LogP contribution in [0.4, 0.5) is 13.2 Å². The lowest BCUT2D eigenvalue weighted by atomic mass is 10.1. The Balaban J connectivity index is 2.52. The minimum atomic E-state index is -4.80. The largest absolute Gasteiger partial charge is 0.449 e. The van der Waals surface area contributed by atoms with Crippen LogP contribution in [0, 0.1) is 0 Å². The molecule has 1 aromatic rings. The Labute approximate surface area is 164 Å². The standard InChI is InChI=1S/C17H17ClF3N5O2/c1-4-23-15(17(19,20)21)25(3)12(9-24-16(18)22-2)26-13(27)10-7-5-6-8-11(10)14(26)28/h5-8,12H,2,4,9H2,1,3H3/b23-15-,24-16-. The Bertz CT molecular complexity index is 818. The monoisotopic (exact) mass is 415 g/mol. The Hall–Kier alpha value is -2.75. The highest BCUT2D eigenvalue weighted by atomic mass is 35.5. The Morgan fingerprint density at radius 2 is 1.75 bits per heavy atom. The van der Waals surface area contributed by atoms with E-state index in [1.54, 1.807) is 12.1 Å². The first kappa shape index (κ1) is 21.5. The number of rotatable bonds is 5. The molecule has 1 aliphatic heterocycles. The summed E-state index contributed by atoms with van der Waals surface area (Å²) in [5.41, 5.74) is 0.202. The number of nitrogens with zero attached hydrogens (tertiary/aromatic N) is 5. The van der Waals surface area contributed by atoms with E-state index in [9.17, 15) is 22.8 Å². The summed E-state index contributed by atoms with van der Waals surface area (Å²) in [5.74, 6) is -2.70. The molecule has 0 fully saturated rings. The number of alkyl halides is 3. The van der Waals surface area contributed by atoms with Crippen molar-refractivity contribution in [2.45, 2.75) is 19.3 Å². The maximum atomic E-state index is 13.5. The summed E-state index contributed by atoms with van der Waals surface area (Å²) in [6.45, 7) is 4.01. The van der Waals surface area contributed by atoms with E-state index in [4.69, 9.17) is 11.6 Å². The average molecular weight is 416 g/mol. The molecule has 0 saturated carbocycles. The molecule has 2 amide bonds. The Kier molecular flexibility index (Phi) is 6.55. The van der Waals surface area contributed by atoms with Crippen LogP contribution < -0.4 is 0 Å². The number of hydrogen-bond donors (Lipinski definition) is 0. The van der Waals surface area contributed by atoms with E-state index in [0.29, 0.717) is 4.90 Å². The van der Waals surface area contributed by atoms with Gasteiger partial charge in [-0.1, -0.05) is 12.1 Å². The van der Waals surface area contributed by atoms with Gasteiger partial charge in [0.2, 0.25) is 11.1 Å². The predicted molar refractivity (Wildman–Crippen MR) is 100 cm³/mol. The van der Waals surface area contributed by atoms with Crippen LogP contribution in [-0.4, -0.2) is 71.9 Å². The normalized spacial score (nSPS) is 16.3. The van der Waals surface area contributed by atoms with Gasteiger partial charge in [0.1, 0.15) is 6.17 Å². The molecule has 2 rings (SSSR count). The fourth-order valence-corrected chi connectivity index (χ4v) is 2.82. The van der Waals surface area contributed by atoms with Crippen LogP contribution in [0.25, 0.3) is 0 Å². The molecule has 1 aromatic carbocycles. The number of amidine groups is 2. The van der Waals surface area contributed by atoms with Crippen molar-refractivity contribution in [1.29, 1.82) is 0 Å². The summed E-state index contributed by atoms with van der Waals surface area (Å²) in [4.78, 5) is 37.5. The summed E-state index contributed by atoms with van der Waals surface area (Å²) < 4.78 is 40.4. The fraction of sp³-hybridized carbons (Fsp3) is 0.353. The minimum absolute atomic E-state index is 0.101. The number of likely N-dealkylation sites (N-methyl/N-ethyl adjacent to an activating group) is 1. The third-order valence-corrected chi connectivity index (χ3v) is 4.22. The molecule has 0 N–H and O–H groups in total. The maximum Gasteiger partial charge on any atom is 0.449 e. The van der Waals surface area contributed by atoms with Gasteiger partial charge < -0.3 is 4.90 Å². The maximum absolute atomic E-state index is 13.5. The lowest BCUT2D eigenvalue weighted by molar-refractivity contribution is -0.0720. The van der Waals surface area contributed by atoms with Gasteiger partial charge in [-0.05, 0) is 37.4 Å². The molecule has 0 bridgehead atoms. The zero-order chi connectivity index (χ0) is 21.1. The number of aliphatic imine (C=N–C) groups is 3. The number of halogens is 4. The molecule has 1 heterocycles. The SMILES string of the molecule is C=N/C(Cl)=N\CC(N1C(=O)c2ccccc2C1=O)N(C)/C(=N\CC)C(F)(F)F. The van der Waals surface area contributed by atoms with Crippen molar-refractivity contribution in [3.8, 4) is 0 Å². The lowest BCUT2D eigenvalue weighted by Crippen LogP contribution is -2.56. The number of carbonyl (C=O) groups is 2. The molecule has 1 atom stereocenters. The van der Waals surface area contributed by atoms with Gasteiger partial charge in [0.15, 0.2) is 0 Å². The van der Waals surface area contributed by atoms with Crippen molar-refractivity contribution >= 4 is 41.3 Å². The number of benzene rings is 1. The highest BCUT2D eigenvalue weighted by Gasteiger charge is 2.46. The summed E-state index contributed by atoms with van der Waals surface area (Å²) in [7, 11) is 1.08. The molecule has 0 aliphatic carbocycles. The van der Waals surface area contributed by atoms with Gasteiger partial charge >= 0.3 is 6.18 Å². The molecular formula is C17H17ClF3N5O2. The lowest BCUT2D eigenvalue weighted by Gasteiger charge is -2.35. The summed E-state index contributed by atoms with van der Waals surface area (Å²) in [5, 5.41) is -0.309. The predicted octanol–water partition coefficient (Wildman–Crippen LogP) is 2.82. The number of carbonyl (C=O) groups excluding carboxylic acids is 2. The van der Waals surface area contributed by atoms with Gasteiger partial charge in [-0.15, -0.1) is 0 Å². The molecule has 0 saturated heterocycles. The minimum Gasteiger partial charge on any atom is -0.333 e. The Morgan fingerprint density at radius 3 is 2.18 bits per heavy atom. The second kappa shape index (κ2) is 8.51. The first-order chi connectivity index (χ1) is 13.1. The van der Waals surface area contributed by atoms with E-state index < -0.39 is 36.5 Å². The molecule has 0 spiro atoms. The number of fused-ring (bicyclic) bond motifs is 1. The van der Waals surface area contributed by atoms with Crippen molar-refractivity contribution in [3.63, 3.8) is 0 Å². The number of imide groups is 1. The van der Waals surface area contributed by atoms with Crippen molar-refractivity contribution in [1.82, 2.24) is 9.80 Å².